The van der Waals surface area contributed by atoms with Gasteiger partial charge in [-0.3, -0.25) is 14.5 Å². The van der Waals surface area contributed by atoms with Gasteiger partial charge >= 0.3 is 6.18 Å². The van der Waals surface area contributed by atoms with Crippen LogP contribution in [0.2, 0.25) is 0 Å². The maximum absolute atomic E-state index is 13.0. The molecule has 2 aromatic heterocycles. The van der Waals surface area contributed by atoms with E-state index in [-0.39, 0.29) is 11.5 Å². The number of aromatic amines is 1. The summed E-state index contributed by atoms with van der Waals surface area (Å²) in [6, 6.07) is 8.16. The first-order chi connectivity index (χ1) is 15.2. The van der Waals surface area contributed by atoms with Gasteiger partial charge in [0.25, 0.3) is 11.5 Å². The molecule has 32 heavy (non-hydrogen) atoms. The first kappa shape index (κ1) is 21.8. The third kappa shape index (κ3) is 4.57. The third-order valence-electron chi connectivity index (χ3n) is 5.44. The summed E-state index contributed by atoms with van der Waals surface area (Å²) >= 11 is 0. The van der Waals surface area contributed by atoms with Gasteiger partial charge in [-0.1, -0.05) is 18.2 Å². The van der Waals surface area contributed by atoms with Crippen LogP contribution < -0.4 is 5.56 Å². The molecule has 11 heteroatoms. The molecule has 0 unspecified atom stereocenters. The highest BCUT2D eigenvalue weighted by Gasteiger charge is 2.31. The van der Waals surface area contributed by atoms with E-state index >= 15 is 0 Å². The number of hydrogen-bond donors (Lipinski definition) is 1. The lowest BCUT2D eigenvalue weighted by molar-refractivity contribution is -0.137. The van der Waals surface area contributed by atoms with Gasteiger partial charge in [-0.05, 0) is 24.6 Å². The summed E-state index contributed by atoms with van der Waals surface area (Å²) in [6.45, 7) is 4.16. The number of hydrogen-bond acceptors (Lipinski definition) is 5. The van der Waals surface area contributed by atoms with Gasteiger partial charge in [-0.2, -0.15) is 23.4 Å². The molecule has 0 saturated carbocycles. The molecule has 1 N–H and O–H groups in total. The Balaban J connectivity index is 1.39. The maximum atomic E-state index is 13.0. The van der Waals surface area contributed by atoms with E-state index in [4.69, 9.17) is 0 Å². The quantitative estimate of drug-likeness (QED) is 0.664. The molecule has 1 aromatic carbocycles. The first-order valence-electron chi connectivity index (χ1n) is 10.0. The predicted octanol–water partition coefficient (Wildman–Crippen LogP) is 2.24. The highest BCUT2D eigenvalue weighted by Crippen LogP contribution is 2.29. The Hall–Kier alpha value is -3.47. The van der Waals surface area contributed by atoms with Gasteiger partial charge in [-0.15, -0.1) is 0 Å². The van der Waals surface area contributed by atoms with Crippen LogP contribution in [0.1, 0.15) is 27.2 Å². The van der Waals surface area contributed by atoms with E-state index in [9.17, 15) is 22.8 Å². The molecule has 1 fully saturated rings. The molecule has 4 rings (SSSR count). The molecule has 0 bridgehead atoms. The maximum Gasteiger partial charge on any atom is 0.416 e. The topological polar surface area (TPSA) is 87.1 Å². The second kappa shape index (κ2) is 8.58. The van der Waals surface area contributed by atoms with Gasteiger partial charge in [0.15, 0.2) is 5.82 Å². The van der Waals surface area contributed by atoms with E-state index in [1.54, 1.807) is 17.9 Å². The van der Waals surface area contributed by atoms with Crippen LogP contribution >= 0.6 is 0 Å². The van der Waals surface area contributed by atoms with Crippen LogP contribution in [0.5, 0.6) is 0 Å². The number of amides is 1. The normalized spacial score (nSPS) is 15.2. The Morgan fingerprint density at radius 1 is 1.12 bits per heavy atom. The Kier molecular flexibility index (Phi) is 5.83. The zero-order chi connectivity index (χ0) is 22.9. The fraction of sp³-hybridized carbons (Fsp3) is 0.333. The van der Waals surface area contributed by atoms with Gasteiger partial charge in [0.1, 0.15) is 0 Å². The second-order valence-corrected chi connectivity index (χ2v) is 7.60. The number of piperazine rings is 1. The van der Waals surface area contributed by atoms with Crippen LogP contribution in [0.25, 0.3) is 5.82 Å². The Morgan fingerprint density at radius 2 is 1.88 bits per heavy atom. The molecule has 1 amide bonds. The third-order valence-corrected chi connectivity index (χ3v) is 5.44. The molecule has 8 nitrogen and oxygen atoms in total. The molecule has 0 spiro atoms. The van der Waals surface area contributed by atoms with Crippen LogP contribution in [0.15, 0.2) is 47.4 Å². The zero-order valence-electron chi connectivity index (χ0n) is 17.3. The van der Waals surface area contributed by atoms with E-state index in [1.807, 2.05) is 4.90 Å². The smallest absolute Gasteiger partial charge is 0.336 e. The van der Waals surface area contributed by atoms with E-state index in [2.05, 4.69) is 15.3 Å². The Morgan fingerprint density at radius 3 is 2.53 bits per heavy atom. The van der Waals surface area contributed by atoms with E-state index < -0.39 is 11.7 Å². The molecule has 168 valence electrons. The molecule has 0 aliphatic carbocycles. The standard InChI is InChI=1S/C21H21F3N6O2/c1-14-17(12-25-30(14)18-5-6-19(31)27-26-18)20(32)29-9-7-28(8-10-29)13-15-3-2-4-16(11-15)21(22,23)24/h2-6,11-12H,7-10,13H2,1H3,(H,27,31). The minimum Gasteiger partial charge on any atom is -0.336 e. The van der Waals surface area contributed by atoms with Crippen molar-refractivity contribution in [1.29, 1.82) is 0 Å². The van der Waals surface area contributed by atoms with Crippen LogP contribution in [0, 0.1) is 6.92 Å². The largest absolute Gasteiger partial charge is 0.416 e. The van der Waals surface area contributed by atoms with Crippen molar-refractivity contribution in [3.05, 3.63) is 75.3 Å². The van der Waals surface area contributed by atoms with Crippen molar-refractivity contribution >= 4 is 5.91 Å². The summed E-state index contributed by atoms with van der Waals surface area (Å²) in [7, 11) is 0. The summed E-state index contributed by atoms with van der Waals surface area (Å²) < 4.78 is 40.3. The van der Waals surface area contributed by atoms with Crippen molar-refractivity contribution in [1.82, 2.24) is 29.8 Å². The SMILES string of the molecule is Cc1c(C(=O)N2CCN(Cc3cccc(C(F)(F)F)c3)CC2)cnn1-c1ccc(=O)[nH]n1. The summed E-state index contributed by atoms with van der Waals surface area (Å²) in [5.74, 6) is 0.226. The minimum absolute atomic E-state index is 0.170. The minimum atomic E-state index is -4.37. The fourth-order valence-corrected chi connectivity index (χ4v) is 3.69. The van der Waals surface area contributed by atoms with Crippen LogP contribution in [0.4, 0.5) is 13.2 Å². The lowest BCUT2D eigenvalue weighted by atomic mass is 10.1. The van der Waals surface area contributed by atoms with Crippen molar-refractivity contribution in [2.45, 2.75) is 19.6 Å². The second-order valence-electron chi connectivity index (χ2n) is 7.60. The average Bonchev–Trinajstić information content (AvgIpc) is 3.15. The molecule has 1 aliphatic heterocycles. The predicted molar refractivity (Wildman–Crippen MR) is 109 cm³/mol. The fourth-order valence-electron chi connectivity index (χ4n) is 3.69. The van der Waals surface area contributed by atoms with Crippen molar-refractivity contribution in [2.75, 3.05) is 26.2 Å². The highest BCUT2D eigenvalue weighted by molar-refractivity contribution is 5.95. The van der Waals surface area contributed by atoms with Crippen LogP contribution in [-0.2, 0) is 12.7 Å². The van der Waals surface area contributed by atoms with Gasteiger partial charge in [0, 0.05) is 38.8 Å². The van der Waals surface area contributed by atoms with Crippen molar-refractivity contribution in [2.24, 2.45) is 0 Å². The highest BCUT2D eigenvalue weighted by atomic mass is 19.4. The number of nitrogens with one attached hydrogen (secondary N) is 1. The Labute approximate surface area is 181 Å². The van der Waals surface area contributed by atoms with Crippen molar-refractivity contribution in [3.8, 4) is 5.82 Å². The molecule has 3 aromatic rings. The lowest BCUT2D eigenvalue weighted by Crippen LogP contribution is -2.48. The van der Waals surface area contributed by atoms with Gasteiger partial charge in [-0.25, -0.2) is 9.78 Å². The average molecular weight is 446 g/mol. The molecule has 3 heterocycles. The number of nitrogens with zero attached hydrogens (tertiary/aromatic N) is 5. The molecule has 0 atom stereocenters. The molecular weight excluding hydrogens is 425 g/mol. The van der Waals surface area contributed by atoms with Gasteiger partial charge < -0.3 is 4.90 Å². The Bertz CT molecular complexity index is 1160. The van der Waals surface area contributed by atoms with Crippen LogP contribution in [-0.4, -0.2) is 61.9 Å². The zero-order valence-corrected chi connectivity index (χ0v) is 17.3. The summed E-state index contributed by atoms with van der Waals surface area (Å²) in [5.41, 5.74) is 0.626. The number of benzene rings is 1. The number of halogens is 3. The summed E-state index contributed by atoms with van der Waals surface area (Å²) in [6.07, 6.45) is -2.90. The van der Waals surface area contributed by atoms with Crippen LogP contribution in [0.3, 0.4) is 0 Å². The summed E-state index contributed by atoms with van der Waals surface area (Å²) in [4.78, 5) is 27.9. The number of carbonyl (C=O) groups is 1. The van der Waals surface area contributed by atoms with Gasteiger partial charge in [0.05, 0.1) is 23.0 Å². The number of alkyl halides is 3. The van der Waals surface area contributed by atoms with E-state index in [0.29, 0.717) is 55.4 Å². The van der Waals surface area contributed by atoms with Gasteiger partial charge in [0.2, 0.25) is 0 Å². The molecule has 0 radical (unpaired) electrons. The number of H-pyrrole nitrogens is 1. The monoisotopic (exact) mass is 446 g/mol. The van der Waals surface area contributed by atoms with E-state index in [1.165, 1.54) is 35.1 Å². The number of aromatic nitrogens is 4. The number of carbonyl (C=O) groups excluding carboxylic acids is 1. The lowest BCUT2D eigenvalue weighted by Gasteiger charge is -2.34. The van der Waals surface area contributed by atoms with E-state index in [0.717, 1.165) is 6.07 Å². The van der Waals surface area contributed by atoms with Crippen molar-refractivity contribution in [3.63, 3.8) is 0 Å². The molecule has 1 saturated heterocycles. The van der Waals surface area contributed by atoms with Crippen molar-refractivity contribution < 1.29 is 18.0 Å². The summed E-state index contributed by atoms with van der Waals surface area (Å²) in [5, 5.41) is 10.5. The first-order valence-corrected chi connectivity index (χ1v) is 10.0. The number of rotatable bonds is 4. The molecular formula is C21H21F3N6O2. The molecule has 1 aliphatic rings.